The number of pyridine rings is 1. The van der Waals surface area contributed by atoms with Crippen LogP contribution in [0, 0.1) is 0 Å². The summed E-state index contributed by atoms with van der Waals surface area (Å²) in [4.78, 5) is 20.1. The minimum absolute atomic E-state index is 0.234. The van der Waals surface area contributed by atoms with Crippen LogP contribution < -0.4 is 15.4 Å². The second kappa shape index (κ2) is 8.48. The summed E-state index contributed by atoms with van der Waals surface area (Å²) in [5.74, 6) is 0.379. The summed E-state index contributed by atoms with van der Waals surface area (Å²) in [5, 5.41) is 7.45. The first-order valence-corrected chi connectivity index (χ1v) is 9.43. The first kappa shape index (κ1) is 18.6. The summed E-state index contributed by atoms with van der Waals surface area (Å²) >= 11 is 0. The van der Waals surface area contributed by atoms with Gasteiger partial charge in [-0.1, -0.05) is 30.3 Å². The van der Waals surface area contributed by atoms with Crippen molar-refractivity contribution in [1.29, 1.82) is 0 Å². The molecule has 29 heavy (non-hydrogen) atoms. The van der Waals surface area contributed by atoms with Gasteiger partial charge in [0.1, 0.15) is 5.75 Å². The lowest BCUT2D eigenvalue weighted by Gasteiger charge is -2.11. The monoisotopic (exact) mass is 386 g/mol. The minimum Gasteiger partial charge on any atom is -0.495 e. The minimum atomic E-state index is -0.234. The van der Waals surface area contributed by atoms with Crippen LogP contribution in [0.2, 0.25) is 0 Å². The molecule has 0 saturated heterocycles. The van der Waals surface area contributed by atoms with Gasteiger partial charge >= 0.3 is 0 Å². The highest BCUT2D eigenvalue weighted by molar-refractivity contribution is 6.05. The molecule has 6 heteroatoms. The Morgan fingerprint density at radius 3 is 2.83 bits per heavy atom. The van der Waals surface area contributed by atoms with Gasteiger partial charge in [-0.3, -0.25) is 9.78 Å². The molecule has 0 spiro atoms. The second-order valence-electron chi connectivity index (χ2n) is 6.65. The molecule has 6 nitrogen and oxygen atoms in total. The zero-order chi connectivity index (χ0) is 20.1. The van der Waals surface area contributed by atoms with Gasteiger partial charge in [-0.05, 0) is 36.2 Å². The van der Waals surface area contributed by atoms with Crippen LogP contribution in [0.5, 0.6) is 5.75 Å². The standard InChI is InChI=1S/C23H22N4O2/c1-29-22-9-5-4-8-21(22)27-23(28)17-12-18(15-24-13-17)25-11-10-16-14-26-20-7-3-2-6-19(16)20/h2-9,12-15,25-26H,10-11H2,1H3,(H,27,28). The third-order valence-electron chi connectivity index (χ3n) is 4.75. The predicted molar refractivity (Wildman–Crippen MR) is 116 cm³/mol. The number of amides is 1. The lowest BCUT2D eigenvalue weighted by molar-refractivity contribution is 0.102. The molecule has 0 aliphatic heterocycles. The van der Waals surface area contributed by atoms with Crippen molar-refractivity contribution in [3.8, 4) is 5.75 Å². The molecule has 0 fully saturated rings. The third-order valence-corrected chi connectivity index (χ3v) is 4.75. The van der Waals surface area contributed by atoms with Gasteiger partial charge in [0.25, 0.3) is 5.91 Å². The maximum Gasteiger partial charge on any atom is 0.257 e. The van der Waals surface area contributed by atoms with Crippen molar-refractivity contribution in [2.24, 2.45) is 0 Å². The van der Waals surface area contributed by atoms with Crippen LogP contribution in [-0.2, 0) is 6.42 Å². The van der Waals surface area contributed by atoms with Crippen molar-refractivity contribution in [3.05, 3.63) is 84.3 Å². The number of aromatic amines is 1. The van der Waals surface area contributed by atoms with Crippen molar-refractivity contribution in [3.63, 3.8) is 0 Å². The van der Waals surface area contributed by atoms with E-state index in [1.54, 1.807) is 37.7 Å². The van der Waals surface area contributed by atoms with Gasteiger partial charge in [0, 0.05) is 36.0 Å². The van der Waals surface area contributed by atoms with Gasteiger partial charge < -0.3 is 20.4 Å². The Morgan fingerprint density at radius 1 is 1.10 bits per heavy atom. The SMILES string of the molecule is COc1ccccc1NC(=O)c1cncc(NCCc2c[nH]c3ccccc23)c1. The summed E-state index contributed by atoms with van der Waals surface area (Å²) in [6.45, 7) is 0.737. The van der Waals surface area contributed by atoms with Crippen LogP contribution in [0.3, 0.4) is 0 Å². The topological polar surface area (TPSA) is 79.0 Å². The Labute approximate surface area is 168 Å². The molecule has 0 atom stereocenters. The lowest BCUT2D eigenvalue weighted by atomic mass is 10.1. The molecule has 2 aromatic heterocycles. The molecule has 0 saturated carbocycles. The molecule has 4 rings (SSSR count). The predicted octanol–water partition coefficient (Wildman–Crippen LogP) is 4.48. The number of hydrogen-bond acceptors (Lipinski definition) is 4. The van der Waals surface area contributed by atoms with Gasteiger partial charge in [0.05, 0.1) is 24.0 Å². The molecule has 2 aromatic carbocycles. The van der Waals surface area contributed by atoms with Crippen LogP contribution in [0.25, 0.3) is 10.9 Å². The molecule has 3 N–H and O–H groups in total. The Hall–Kier alpha value is -3.80. The van der Waals surface area contributed by atoms with E-state index in [9.17, 15) is 4.79 Å². The number of carbonyl (C=O) groups excluding carboxylic acids is 1. The van der Waals surface area contributed by atoms with E-state index >= 15 is 0 Å². The quantitative estimate of drug-likeness (QED) is 0.438. The largest absolute Gasteiger partial charge is 0.495 e. The van der Waals surface area contributed by atoms with Crippen LogP contribution in [-0.4, -0.2) is 29.5 Å². The number of rotatable bonds is 7. The van der Waals surface area contributed by atoms with Crippen molar-refractivity contribution in [1.82, 2.24) is 9.97 Å². The maximum absolute atomic E-state index is 12.6. The third kappa shape index (κ3) is 4.21. The summed E-state index contributed by atoms with van der Waals surface area (Å²) in [5.41, 5.74) is 4.30. The van der Waals surface area contributed by atoms with Crippen LogP contribution in [0.4, 0.5) is 11.4 Å². The number of benzene rings is 2. The summed E-state index contributed by atoms with van der Waals surface area (Å²) in [7, 11) is 1.57. The molecule has 146 valence electrons. The fourth-order valence-electron chi connectivity index (χ4n) is 3.28. The first-order valence-electron chi connectivity index (χ1n) is 9.43. The number of methoxy groups -OCH3 is 1. The number of hydrogen-bond donors (Lipinski definition) is 3. The smallest absolute Gasteiger partial charge is 0.257 e. The first-order chi connectivity index (χ1) is 14.2. The number of nitrogens with zero attached hydrogens (tertiary/aromatic N) is 1. The van der Waals surface area contributed by atoms with Gasteiger partial charge in [-0.15, -0.1) is 0 Å². The molecular formula is C23H22N4O2. The molecule has 0 aliphatic rings. The molecule has 0 bridgehead atoms. The normalized spacial score (nSPS) is 10.7. The molecule has 4 aromatic rings. The number of nitrogens with one attached hydrogen (secondary N) is 3. The zero-order valence-corrected chi connectivity index (χ0v) is 16.1. The fraction of sp³-hybridized carbons (Fsp3) is 0.130. The van der Waals surface area contributed by atoms with Gasteiger partial charge in [0.15, 0.2) is 0 Å². The molecule has 0 unspecified atom stereocenters. The lowest BCUT2D eigenvalue weighted by Crippen LogP contribution is -2.14. The second-order valence-corrected chi connectivity index (χ2v) is 6.65. The zero-order valence-electron chi connectivity index (χ0n) is 16.1. The number of aromatic nitrogens is 2. The van der Waals surface area contributed by atoms with Crippen molar-refractivity contribution in [2.75, 3.05) is 24.3 Å². The fourth-order valence-corrected chi connectivity index (χ4v) is 3.28. The molecule has 0 aliphatic carbocycles. The van der Waals surface area contributed by atoms with E-state index in [2.05, 4.69) is 32.7 Å². The van der Waals surface area contributed by atoms with E-state index in [1.165, 1.54) is 10.9 Å². The maximum atomic E-state index is 12.6. The Kier molecular flexibility index (Phi) is 5.42. The van der Waals surface area contributed by atoms with Crippen molar-refractivity contribution >= 4 is 28.2 Å². The van der Waals surface area contributed by atoms with E-state index in [-0.39, 0.29) is 5.91 Å². The average molecular weight is 386 g/mol. The Balaban J connectivity index is 1.40. The number of fused-ring (bicyclic) bond motifs is 1. The highest BCUT2D eigenvalue weighted by atomic mass is 16.5. The van der Waals surface area contributed by atoms with Gasteiger partial charge in [-0.2, -0.15) is 0 Å². The number of ether oxygens (including phenoxy) is 1. The number of anilines is 2. The molecule has 1 amide bonds. The van der Waals surface area contributed by atoms with Gasteiger partial charge in [-0.25, -0.2) is 0 Å². The molecule has 0 radical (unpaired) electrons. The van der Waals surface area contributed by atoms with Crippen molar-refractivity contribution in [2.45, 2.75) is 6.42 Å². The molecular weight excluding hydrogens is 364 g/mol. The van der Waals surface area contributed by atoms with Crippen molar-refractivity contribution < 1.29 is 9.53 Å². The summed E-state index contributed by atoms with van der Waals surface area (Å²) in [6, 6.07) is 17.4. The van der Waals surface area contributed by atoms with E-state index in [4.69, 9.17) is 4.74 Å². The van der Waals surface area contributed by atoms with Crippen LogP contribution >= 0.6 is 0 Å². The van der Waals surface area contributed by atoms with Crippen LogP contribution in [0.1, 0.15) is 15.9 Å². The number of H-pyrrole nitrogens is 1. The van der Waals surface area contributed by atoms with E-state index in [1.807, 2.05) is 30.5 Å². The molecule has 2 heterocycles. The summed E-state index contributed by atoms with van der Waals surface area (Å²) in [6.07, 6.45) is 6.17. The highest BCUT2D eigenvalue weighted by Gasteiger charge is 2.10. The van der Waals surface area contributed by atoms with Crippen LogP contribution in [0.15, 0.2) is 73.2 Å². The average Bonchev–Trinajstić information content (AvgIpc) is 3.17. The van der Waals surface area contributed by atoms with E-state index < -0.39 is 0 Å². The highest BCUT2D eigenvalue weighted by Crippen LogP contribution is 2.24. The summed E-state index contributed by atoms with van der Waals surface area (Å²) < 4.78 is 5.28. The van der Waals surface area contributed by atoms with E-state index in [0.717, 1.165) is 24.2 Å². The number of carbonyl (C=O) groups is 1. The Bertz CT molecular complexity index is 1140. The Morgan fingerprint density at radius 2 is 1.93 bits per heavy atom. The number of para-hydroxylation sites is 3. The van der Waals surface area contributed by atoms with E-state index in [0.29, 0.717) is 17.0 Å². The van der Waals surface area contributed by atoms with Gasteiger partial charge in [0.2, 0.25) is 0 Å².